The molecule has 0 N–H and O–H groups in total. The zero-order valence-corrected chi connectivity index (χ0v) is 31.9. The summed E-state index contributed by atoms with van der Waals surface area (Å²) in [4.78, 5) is 14.9. The van der Waals surface area contributed by atoms with Crippen molar-refractivity contribution >= 4 is 85.0 Å². The highest BCUT2D eigenvalue weighted by molar-refractivity contribution is 7.26. The summed E-state index contributed by atoms with van der Waals surface area (Å²) in [5.74, 6) is 1.98. The minimum atomic E-state index is 0.661. The summed E-state index contributed by atoms with van der Waals surface area (Å²) >= 11 is 3.68. The molecule has 0 aliphatic carbocycles. The van der Waals surface area contributed by atoms with Gasteiger partial charge in [0.2, 0.25) is 0 Å². The van der Waals surface area contributed by atoms with Crippen molar-refractivity contribution in [2.45, 2.75) is 0 Å². The molecule has 57 heavy (non-hydrogen) atoms. The van der Waals surface area contributed by atoms with Gasteiger partial charge in [0.15, 0.2) is 17.5 Å². The third-order valence-corrected chi connectivity index (χ3v) is 13.3. The Bertz CT molecular complexity index is 3470. The predicted octanol–water partition coefficient (Wildman–Crippen LogP) is 14.8. The molecule has 8 aromatic carbocycles. The van der Waals surface area contributed by atoms with Gasteiger partial charge < -0.3 is 4.42 Å². The van der Waals surface area contributed by atoms with Crippen molar-refractivity contribution in [2.75, 3.05) is 0 Å². The van der Waals surface area contributed by atoms with E-state index in [4.69, 9.17) is 19.4 Å². The quantitative estimate of drug-likeness (QED) is 0.175. The third kappa shape index (κ3) is 5.30. The summed E-state index contributed by atoms with van der Waals surface area (Å²) in [6.45, 7) is 0. The molecule has 0 bridgehead atoms. The number of furan rings is 1. The number of thiophene rings is 2. The summed E-state index contributed by atoms with van der Waals surface area (Å²) in [6.07, 6.45) is 0. The van der Waals surface area contributed by atoms with Crippen LogP contribution in [0, 0.1) is 0 Å². The summed E-state index contributed by atoms with van der Waals surface area (Å²) < 4.78 is 11.2. The van der Waals surface area contributed by atoms with Crippen LogP contribution in [0.1, 0.15) is 0 Å². The molecule has 266 valence electrons. The second-order valence-corrected chi connectivity index (χ2v) is 16.5. The highest BCUT2D eigenvalue weighted by Gasteiger charge is 2.19. The molecule has 6 heteroatoms. The van der Waals surface area contributed by atoms with E-state index in [1.807, 2.05) is 95.5 Å². The van der Waals surface area contributed by atoms with E-state index in [0.717, 1.165) is 38.6 Å². The minimum Gasteiger partial charge on any atom is -0.456 e. The first kappa shape index (κ1) is 32.3. The smallest absolute Gasteiger partial charge is 0.164 e. The Morgan fingerprint density at radius 1 is 0.333 bits per heavy atom. The molecule has 0 spiro atoms. The fourth-order valence-corrected chi connectivity index (χ4v) is 10.6. The second-order valence-electron chi connectivity index (χ2n) is 14.3. The Kier molecular flexibility index (Phi) is 7.24. The molecule has 4 nitrogen and oxygen atoms in total. The van der Waals surface area contributed by atoms with Crippen molar-refractivity contribution in [1.82, 2.24) is 15.0 Å². The van der Waals surface area contributed by atoms with Gasteiger partial charge in [-0.2, -0.15) is 0 Å². The normalized spacial score (nSPS) is 11.9. The maximum Gasteiger partial charge on any atom is 0.164 e. The number of hydrogen-bond donors (Lipinski definition) is 0. The lowest BCUT2D eigenvalue weighted by molar-refractivity contribution is 0.669. The van der Waals surface area contributed by atoms with Gasteiger partial charge in [-0.25, -0.2) is 15.0 Å². The Balaban J connectivity index is 0.990. The Morgan fingerprint density at radius 2 is 0.912 bits per heavy atom. The van der Waals surface area contributed by atoms with Gasteiger partial charge in [0.1, 0.15) is 11.2 Å². The molecular formula is C51H29N3OS2. The fourth-order valence-electron chi connectivity index (χ4n) is 8.21. The molecule has 0 saturated carbocycles. The lowest BCUT2D eigenvalue weighted by atomic mass is 9.93. The highest BCUT2D eigenvalue weighted by Crippen LogP contribution is 2.47. The summed E-state index contributed by atoms with van der Waals surface area (Å²) in [5.41, 5.74) is 9.59. The molecule has 0 fully saturated rings. The molecule has 0 aliphatic heterocycles. The van der Waals surface area contributed by atoms with Gasteiger partial charge in [-0.3, -0.25) is 0 Å². The van der Waals surface area contributed by atoms with Gasteiger partial charge in [-0.1, -0.05) is 133 Å². The number of aromatic nitrogens is 3. The van der Waals surface area contributed by atoms with Crippen LogP contribution in [0.3, 0.4) is 0 Å². The van der Waals surface area contributed by atoms with Gasteiger partial charge in [0.25, 0.3) is 0 Å². The topological polar surface area (TPSA) is 51.8 Å². The molecule has 4 aromatic heterocycles. The minimum absolute atomic E-state index is 0.661. The van der Waals surface area contributed by atoms with Crippen molar-refractivity contribution in [3.05, 3.63) is 176 Å². The average molecular weight is 764 g/mol. The Morgan fingerprint density at radius 3 is 1.70 bits per heavy atom. The van der Waals surface area contributed by atoms with E-state index in [1.54, 1.807) is 0 Å². The molecule has 0 atom stereocenters. The molecule has 12 rings (SSSR count). The van der Waals surface area contributed by atoms with E-state index in [9.17, 15) is 0 Å². The number of nitrogens with zero attached hydrogens (tertiary/aromatic N) is 3. The van der Waals surface area contributed by atoms with Crippen molar-refractivity contribution in [1.29, 1.82) is 0 Å². The van der Waals surface area contributed by atoms with E-state index in [-0.39, 0.29) is 0 Å². The zero-order chi connectivity index (χ0) is 37.5. The molecule has 0 unspecified atom stereocenters. The lowest BCUT2D eigenvalue weighted by Gasteiger charge is -2.10. The SMILES string of the molecule is c1ccc(-c2nc(-c3ccccc3)nc(-c3ccc4c(c3)sc3ccc(-c5ccc(-c6ccc7oc8ccccc8c7c6)c6sc7ccccc7c56)cc34)n2)cc1. The fraction of sp³-hybridized carbons (Fsp3) is 0. The second kappa shape index (κ2) is 12.8. The summed E-state index contributed by atoms with van der Waals surface area (Å²) in [7, 11) is 0. The van der Waals surface area contributed by atoms with Crippen LogP contribution in [0.15, 0.2) is 180 Å². The highest BCUT2D eigenvalue weighted by atomic mass is 32.1. The van der Waals surface area contributed by atoms with Gasteiger partial charge in [-0.15, -0.1) is 22.7 Å². The predicted molar refractivity (Wildman–Crippen MR) is 240 cm³/mol. The number of fused-ring (bicyclic) bond motifs is 9. The first-order valence-corrected chi connectivity index (χ1v) is 20.6. The molecule has 0 saturated heterocycles. The maximum absolute atomic E-state index is 6.18. The largest absolute Gasteiger partial charge is 0.456 e. The van der Waals surface area contributed by atoms with Crippen LogP contribution in [0.25, 0.3) is 119 Å². The van der Waals surface area contributed by atoms with Crippen LogP contribution in [0.4, 0.5) is 0 Å². The van der Waals surface area contributed by atoms with Crippen LogP contribution in [0.2, 0.25) is 0 Å². The number of hydrogen-bond acceptors (Lipinski definition) is 6. The first-order chi connectivity index (χ1) is 28.2. The van der Waals surface area contributed by atoms with Crippen LogP contribution >= 0.6 is 22.7 Å². The van der Waals surface area contributed by atoms with E-state index >= 15 is 0 Å². The van der Waals surface area contributed by atoms with Crippen molar-refractivity contribution in [3.8, 4) is 56.4 Å². The molecular weight excluding hydrogens is 735 g/mol. The first-order valence-electron chi connectivity index (χ1n) is 18.9. The Labute approximate surface area is 335 Å². The van der Waals surface area contributed by atoms with E-state index in [2.05, 4.69) is 103 Å². The Hall–Kier alpha value is -6.99. The summed E-state index contributed by atoms with van der Waals surface area (Å²) in [5, 5.41) is 7.34. The third-order valence-electron chi connectivity index (χ3n) is 11.0. The van der Waals surface area contributed by atoms with Crippen LogP contribution in [-0.2, 0) is 0 Å². The average Bonchev–Trinajstić information content (AvgIpc) is 3.97. The van der Waals surface area contributed by atoms with Crippen LogP contribution in [-0.4, -0.2) is 15.0 Å². The van der Waals surface area contributed by atoms with Crippen LogP contribution in [0.5, 0.6) is 0 Å². The van der Waals surface area contributed by atoms with Crippen molar-refractivity contribution in [3.63, 3.8) is 0 Å². The lowest BCUT2D eigenvalue weighted by Crippen LogP contribution is -1.99. The number of benzene rings is 8. The molecule has 12 aromatic rings. The van der Waals surface area contributed by atoms with Gasteiger partial charge in [0.05, 0.1) is 0 Å². The van der Waals surface area contributed by atoms with Gasteiger partial charge in [0, 0.05) is 67.8 Å². The van der Waals surface area contributed by atoms with Crippen molar-refractivity contribution < 1.29 is 4.42 Å². The van der Waals surface area contributed by atoms with Gasteiger partial charge in [-0.05, 0) is 64.7 Å². The van der Waals surface area contributed by atoms with E-state index in [1.165, 1.54) is 62.6 Å². The van der Waals surface area contributed by atoms with E-state index in [0.29, 0.717) is 17.5 Å². The van der Waals surface area contributed by atoms with Crippen LogP contribution < -0.4 is 0 Å². The zero-order valence-electron chi connectivity index (χ0n) is 30.3. The summed E-state index contributed by atoms with van der Waals surface area (Å²) in [6, 6.07) is 62.1. The number of rotatable bonds is 5. The maximum atomic E-state index is 6.18. The molecule has 4 heterocycles. The monoisotopic (exact) mass is 763 g/mol. The van der Waals surface area contributed by atoms with E-state index < -0.39 is 0 Å². The molecule has 0 aliphatic rings. The van der Waals surface area contributed by atoms with Gasteiger partial charge >= 0.3 is 0 Å². The molecule has 0 radical (unpaired) electrons. The van der Waals surface area contributed by atoms with Crippen molar-refractivity contribution in [2.24, 2.45) is 0 Å². The molecule has 0 amide bonds. The standard InChI is InChI=1S/C51H29N3OS2/c1-3-11-30(12-4-1)49-52-50(31-13-5-2-6-14-31)54-51(53-49)34-19-22-38-41-28-32(21-26-45(41)56-46(38)29-34)35-23-24-36(48-47(35)39-16-8-10-18-44(39)57-48)33-20-25-43-40(27-33)37-15-7-9-17-42(37)55-43/h1-29H. The number of para-hydroxylation sites is 1.